The Kier molecular flexibility index (Phi) is 7.14. The normalized spacial score (nSPS) is 22.4. The van der Waals surface area contributed by atoms with Gasteiger partial charge in [0.2, 0.25) is 0 Å². The van der Waals surface area contributed by atoms with E-state index in [9.17, 15) is 31.5 Å². The zero-order valence-corrected chi connectivity index (χ0v) is 20.1. The van der Waals surface area contributed by atoms with Gasteiger partial charge in [0, 0.05) is 44.3 Å². The number of nitrogens with one attached hydrogen (secondary N) is 1. The van der Waals surface area contributed by atoms with E-state index in [0.29, 0.717) is 62.4 Å². The van der Waals surface area contributed by atoms with Gasteiger partial charge in [0.15, 0.2) is 9.84 Å². The Morgan fingerprint density at radius 1 is 1.11 bits per heavy atom. The molecule has 2 saturated heterocycles. The van der Waals surface area contributed by atoms with Crippen molar-refractivity contribution >= 4 is 15.9 Å². The molecule has 0 spiro atoms. The molecule has 0 saturated carbocycles. The number of aromatic amines is 1. The van der Waals surface area contributed by atoms with E-state index >= 15 is 0 Å². The molecule has 12 heteroatoms. The van der Waals surface area contributed by atoms with Gasteiger partial charge in [-0.25, -0.2) is 13.2 Å². The van der Waals surface area contributed by atoms with Gasteiger partial charge in [0.25, 0.3) is 0 Å². The van der Waals surface area contributed by atoms with Crippen LogP contribution < -0.4 is 0 Å². The Hall–Kier alpha value is -2.60. The van der Waals surface area contributed by atoms with Gasteiger partial charge >= 0.3 is 12.2 Å². The summed E-state index contributed by atoms with van der Waals surface area (Å²) in [5.74, 6) is -0.626. The molecule has 0 radical (unpaired) electrons. The minimum atomic E-state index is -4.43. The number of amides is 2. The highest BCUT2D eigenvalue weighted by Gasteiger charge is 2.36. The predicted molar refractivity (Wildman–Crippen MR) is 122 cm³/mol. The standard InChI is InChI=1S/C23H29F3N4O4S/c1-35(33,34)14-19-11-21(28-27-19)17-10-16(15-2-4-18(5-3-15)23(24,25)26)12-30(13-17)22(32)29-8-6-20(31)7-9-29/h2-5,11,16-17,20,31H,6-10,12-14H2,1H3,(H,27,28). The second kappa shape index (κ2) is 9.81. The first-order chi connectivity index (χ1) is 16.4. The number of aliphatic hydroxyl groups excluding tert-OH is 1. The first kappa shape index (κ1) is 25.5. The third-order valence-electron chi connectivity index (χ3n) is 6.65. The Balaban J connectivity index is 1.58. The molecule has 2 amide bonds. The zero-order chi connectivity index (χ0) is 25.4. The highest BCUT2D eigenvalue weighted by molar-refractivity contribution is 7.89. The van der Waals surface area contributed by atoms with Gasteiger partial charge in [0.05, 0.1) is 28.8 Å². The lowest BCUT2D eigenvalue weighted by molar-refractivity contribution is -0.137. The van der Waals surface area contributed by atoms with Crippen LogP contribution in [0, 0.1) is 0 Å². The molecule has 35 heavy (non-hydrogen) atoms. The fourth-order valence-corrected chi connectivity index (χ4v) is 5.57. The van der Waals surface area contributed by atoms with Crippen molar-refractivity contribution < 1.29 is 31.5 Å². The summed E-state index contributed by atoms with van der Waals surface area (Å²) >= 11 is 0. The first-order valence-corrected chi connectivity index (χ1v) is 13.6. The highest BCUT2D eigenvalue weighted by Crippen LogP contribution is 2.37. The number of hydrogen-bond donors (Lipinski definition) is 2. The maximum atomic E-state index is 13.3. The van der Waals surface area contributed by atoms with Gasteiger partial charge in [-0.05, 0) is 43.0 Å². The molecular formula is C23H29F3N4O4S. The second-order valence-electron chi connectivity index (χ2n) is 9.54. The van der Waals surface area contributed by atoms with Crippen LogP contribution in [-0.2, 0) is 21.8 Å². The number of likely N-dealkylation sites (tertiary alicyclic amines) is 2. The number of sulfone groups is 1. The molecule has 0 aliphatic carbocycles. The Bertz CT molecular complexity index is 1140. The number of alkyl halides is 3. The summed E-state index contributed by atoms with van der Waals surface area (Å²) in [5, 5.41) is 16.8. The van der Waals surface area contributed by atoms with Crippen LogP contribution in [-0.4, -0.2) is 78.1 Å². The summed E-state index contributed by atoms with van der Waals surface area (Å²) in [6.07, 6.45) is -2.18. The third-order valence-corrected chi connectivity index (χ3v) is 7.49. The number of hydrogen-bond acceptors (Lipinski definition) is 5. The van der Waals surface area contributed by atoms with Crippen LogP contribution in [0.3, 0.4) is 0 Å². The molecule has 2 aliphatic heterocycles. The third kappa shape index (κ3) is 6.35. The summed E-state index contributed by atoms with van der Waals surface area (Å²) in [6, 6.07) is 6.52. The molecule has 192 valence electrons. The smallest absolute Gasteiger partial charge is 0.393 e. The van der Waals surface area contributed by atoms with Crippen LogP contribution in [0.5, 0.6) is 0 Å². The minimum absolute atomic E-state index is 0.176. The summed E-state index contributed by atoms with van der Waals surface area (Å²) in [4.78, 5) is 16.7. The molecule has 2 aliphatic rings. The van der Waals surface area contributed by atoms with Crippen LogP contribution >= 0.6 is 0 Å². The Morgan fingerprint density at radius 2 is 1.74 bits per heavy atom. The number of nitrogens with zero attached hydrogens (tertiary/aromatic N) is 3. The van der Waals surface area contributed by atoms with Gasteiger partial charge in [0.1, 0.15) is 0 Å². The quantitative estimate of drug-likeness (QED) is 0.652. The van der Waals surface area contributed by atoms with E-state index in [4.69, 9.17) is 0 Å². The van der Waals surface area contributed by atoms with Gasteiger partial charge in [-0.2, -0.15) is 18.3 Å². The average molecular weight is 515 g/mol. The molecule has 2 aromatic rings. The van der Waals surface area contributed by atoms with Crippen molar-refractivity contribution in [2.45, 2.75) is 49.1 Å². The summed E-state index contributed by atoms with van der Waals surface area (Å²) in [5.41, 5.74) is 1.03. The molecule has 0 bridgehead atoms. The van der Waals surface area contributed by atoms with Crippen LogP contribution in [0.25, 0.3) is 0 Å². The number of H-pyrrole nitrogens is 1. The van der Waals surface area contributed by atoms with Crippen LogP contribution in [0.2, 0.25) is 0 Å². The number of urea groups is 1. The van der Waals surface area contributed by atoms with E-state index in [2.05, 4.69) is 10.2 Å². The van der Waals surface area contributed by atoms with E-state index in [1.807, 2.05) is 0 Å². The van der Waals surface area contributed by atoms with Crippen molar-refractivity contribution in [2.24, 2.45) is 0 Å². The number of rotatable bonds is 4. The van der Waals surface area contributed by atoms with Crippen LogP contribution in [0.4, 0.5) is 18.0 Å². The second-order valence-corrected chi connectivity index (χ2v) is 11.7. The average Bonchev–Trinajstić information content (AvgIpc) is 3.25. The monoisotopic (exact) mass is 514 g/mol. The van der Waals surface area contributed by atoms with Crippen molar-refractivity contribution in [3.8, 4) is 0 Å². The molecule has 8 nitrogen and oxygen atoms in total. The van der Waals surface area contributed by atoms with Crippen molar-refractivity contribution in [3.05, 3.63) is 52.8 Å². The van der Waals surface area contributed by atoms with Gasteiger partial charge in [-0.15, -0.1) is 0 Å². The minimum Gasteiger partial charge on any atom is -0.393 e. The molecule has 1 aromatic heterocycles. The fourth-order valence-electron chi connectivity index (χ4n) is 4.86. The maximum absolute atomic E-state index is 13.3. The van der Waals surface area contributed by atoms with Crippen molar-refractivity contribution in [3.63, 3.8) is 0 Å². The lowest BCUT2D eigenvalue weighted by Crippen LogP contribution is -2.51. The number of carbonyl (C=O) groups excluding carboxylic acids is 1. The number of carbonyl (C=O) groups is 1. The van der Waals surface area contributed by atoms with Crippen molar-refractivity contribution in [2.75, 3.05) is 32.4 Å². The molecule has 3 heterocycles. The molecule has 2 unspecified atom stereocenters. The van der Waals surface area contributed by atoms with Crippen LogP contribution in [0.15, 0.2) is 30.3 Å². The Morgan fingerprint density at radius 3 is 2.34 bits per heavy atom. The van der Waals surface area contributed by atoms with Crippen molar-refractivity contribution in [1.29, 1.82) is 0 Å². The number of benzene rings is 1. The predicted octanol–water partition coefficient (Wildman–Crippen LogP) is 3.12. The number of aliphatic hydroxyl groups is 1. The molecular weight excluding hydrogens is 485 g/mol. The summed E-state index contributed by atoms with van der Waals surface area (Å²) in [7, 11) is -3.26. The van der Waals surface area contributed by atoms with E-state index in [1.165, 1.54) is 12.1 Å². The molecule has 4 rings (SSSR count). The maximum Gasteiger partial charge on any atom is 0.416 e. The van der Waals surface area contributed by atoms with Crippen molar-refractivity contribution in [1.82, 2.24) is 20.0 Å². The zero-order valence-electron chi connectivity index (χ0n) is 19.3. The SMILES string of the molecule is CS(=O)(=O)Cc1cc(C2CC(c3ccc(C(F)(F)F)cc3)CN(C(=O)N3CCC(O)CC3)C2)n[nH]1. The molecule has 1 aromatic carbocycles. The topological polar surface area (TPSA) is 107 Å². The Labute approximate surface area is 202 Å². The lowest BCUT2D eigenvalue weighted by atomic mass is 9.83. The van der Waals surface area contributed by atoms with E-state index in [0.717, 1.165) is 18.4 Å². The van der Waals surface area contributed by atoms with Gasteiger partial charge in [-0.1, -0.05) is 12.1 Å². The van der Waals surface area contributed by atoms with E-state index < -0.39 is 27.7 Å². The summed E-state index contributed by atoms with van der Waals surface area (Å²) in [6.45, 7) is 1.58. The number of halogens is 3. The fraction of sp³-hybridized carbons (Fsp3) is 0.565. The van der Waals surface area contributed by atoms with E-state index in [1.54, 1.807) is 15.9 Å². The lowest BCUT2D eigenvalue weighted by Gasteiger charge is -2.41. The molecule has 2 atom stereocenters. The summed E-state index contributed by atoms with van der Waals surface area (Å²) < 4.78 is 62.4. The first-order valence-electron chi connectivity index (χ1n) is 11.5. The largest absolute Gasteiger partial charge is 0.416 e. The number of piperidine rings is 2. The van der Waals surface area contributed by atoms with Gasteiger partial charge in [-0.3, -0.25) is 5.10 Å². The molecule has 2 fully saturated rings. The van der Waals surface area contributed by atoms with Crippen LogP contribution in [0.1, 0.15) is 53.6 Å². The highest BCUT2D eigenvalue weighted by atomic mass is 32.2. The molecule has 2 N–H and O–H groups in total. The van der Waals surface area contributed by atoms with E-state index in [-0.39, 0.29) is 23.6 Å². The van der Waals surface area contributed by atoms with Gasteiger partial charge < -0.3 is 14.9 Å². The number of aromatic nitrogens is 2.